The van der Waals surface area contributed by atoms with Crippen LogP contribution in [-0.4, -0.2) is 19.4 Å². The number of aryl methyl sites for hydroxylation is 1. The number of rotatable bonds is 1. The van der Waals surface area contributed by atoms with E-state index in [9.17, 15) is 0 Å². The first kappa shape index (κ1) is 12.3. The van der Waals surface area contributed by atoms with Crippen molar-refractivity contribution in [1.29, 1.82) is 0 Å². The van der Waals surface area contributed by atoms with E-state index in [-0.39, 0.29) is 0 Å². The molecule has 21 heavy (non-hydrogen) atoms. The Hall–Kier alpha value is -2.46. The zero-order chi connectivity index (χ0) is 14.4. The predicted octanol–water partition coefficient (Wildman–Crippen LogP) is 3.91. The van der Waals surface area contributed by atoms with Crippen molar-refractivity contribution in [3.63, 3.8) is 0 Å². The third kappa shape index (κ3) is 1.87. The lowest BCUT2D eigenvalue weighted by molar-refractivity contribution is 1.03. The van der Waals surface area contributed by atoms with Crippen LogP contribution in [0, 0.1) is 6.92 Å². The van der Waals surface area contributed by atoms with Crippen molar-refractivity contribution in [2.24, 2.45) is 0 Å². The molecule has 0 saturated carbocycles. The number of halogens is 1. The molecule has 0 fully saturated rings. The summed E-state index contributed by atoms with van der Waals surface area (Å²) >= 11 is 6.05. The monoisotopic (exact) mass is 294 g/mol. The second kappa shape index (κ2) is 4.53. The summed E-state index contributed by atoms with van der Waals surface area (Å²) in [4.78, 5) is 13.3. The molecule has 0 atom stereocenters. The van der Waals surface area contributed by atoms with E-state index in [1.165, 1.54) is 0 Å². The number of benzene rings is 1. The maximum absolute atomic E-state index is 6.05. The van der Waals surface area contributed by atoms with Gasteiger partial charge in [0, 0.05) is 34.6 Å². The number of hydrogen-bond acceptors (Lipinski definition) is 3. The highest BCUT2D eigenvalue weighted by Crippen LogP contribution is 2.31. The highest BCUT2D eigenvalue weighted by Gasteiger charge is 2.13. The van der Waals surface area contributed by atoms with Crippen LogP contribution in [0.15, 0.2) is 49.1 Å². The van der Waals surface area contributed by atoms with Crippen LogP contribution in [-0.2, 0) is 0 Å². The highest BCUT2D eigenvalue weighted by molar-refractivity contribution is 6.31. The largest absolute Gasteiger partial charge is 0.300 e. The van der Waals surface area contributed by atoms with Gasteiger partial charge < -0.3 is 4.40 Å². The van der Waals surface area contributed by atoms with Gasteiger partial charge in [0.1, 0.15) is 5.82 Å². The van der Waals surface area contributed by atoms with Gasteiger partial charge in [-0.2, -0.15) is 0 Å². The van der Waals surface area contributed by atoms with E-state index < -0.39 is 0 Å². The standard InChI is InChI=1S/C16H11ClN4/c1-10-20-16(15-9-18-6-7-21(10)15)13-4-5-19-14-8-11(17)2-3-12(13)14/h2-9H,1H3. The van der Waals surface area contributed by atoms with E-state index in [1.807, 2.05) is 48.0 Å². The Kier molecular flexibility index (Phi) is 2.65. The van der Waals surface area contributed by atoms with Gasteiger partial charge in [0.2, 0.25) is 0 Å². The number of aromatic nitrogens is 4. The first-order valence-electron chi connectivity index (χ1n) is 6.57. The average Bonchev–Trinajstić information content (AvgIpc) is 2.84. The Morgan fingerprint density at radius 3 is 2.95 bits per heavy atom. The van der Waals surface area contributed by atoms with Crippen LogP contribution in [0.1, 0.15) is 5.82 Å². The number of hydrogen-bond donors (Lipinski definition) is 0. The summed E-state index contributed by atoms with van der Waals surface area (Å²) in [6, 6.07) is 7.70. The lowest BCUT2D eigenvalue weighted by Crippen LogP contribution is -1.87. The minimum atomic E-state index is 0.680. The Bertz CT molecular complexity index is 975. The Morgan fingerprint density at radius 2 is 2.05 bits per heavy atom. The van der Waals surface area contributed by atoms with Gasteiger partial charge in [-0.15, -0.1) is 0 Å². The van der Waals surface area contributed by atoms with Crippen molar-refractivity contribution in [2.45, 2.75) is 6.92 Å². The smallest absolute Gasteiger partial charge is 0.110 e. The molecule has 3 aromatic heterocycles. The van der Waals surface area contributed by atoms with Crippen molar-refractivity contribution in [3.8, 4) is 11.3 Å². The molecule has 4 aromatic rings. The molecule has 0 radical (unpaired) electrons. The number of pyridine rings is 1. The number of nitrogens with zero attached hydrogens (tertiary/aromatic N) is 4. The summed E-state index contributed by atoms with van der Waals surface area (Å²) in [6.07, 6.45) is 7.29. The van der Waals surface area contributed by atoms with E-state index >= 15 is 0 Å². The second-order valence-corrected chi connectivity index (χ2v) is 5.30. The molecule has 0 unspecified atom stereocenters. The van der Waals surface area contributed by atoms with Gasteiger partial charge in [0.15, 0.2) is 0 Å². The fourth-order valence-electron chi connectivity index (χ4n) is 2.62. The summed E-state index contributed by atoms with van der Waals surface area (Å²) in [6.45, 7) is 1.98. The molecule has 4 nitrogen and oxygen atoms in total. The molecule has 5 heteroatoms. The molecular weight excluding hydrogens is 284 g/mol. The summed E-state index contributed by atoms with van der Waals surface area (Å²) in [5.74, 6) is 0.932. The van der Waals surface area contributed by atoms with E-state index in [2.05, 4.69) is 9.97 Å². The fraction of sp³-hybridized carbons (Fsp3) is 0.0625. The summed E-state index contributed by atoms with van der Waals surface area (Å²) in [5.41, 5.74) is 3.80. The Morgan fingerprint density at radius 1 is 1.14 bits per heavy atom. The first-order valence-corrected chi connectivity index (χ1v) is 6.95. The van der Waals surface area contributed by atoms with E-state index in [0.29, 0.717) is 5.02 Å². The lowest BCUT2D eigenvalue weighted by atomic mass is 10.1. The predicted molar refractivity (Wildman–Crippen MR) is 83.5 cm³/mol. The van der Waals surface area contributed by atoms with Gasteiger partial charge in [-0.1, -0.05) is 17.7 Å². The second-order valence-electron chi connectivity index (χ2n) is 4.86. The molecule has 1 aromatic carbocycles. The molecule has 0 bridgehead atoms. The Labute approximate surface area is 126 Å². The molecule has 102 valence electrons. The van der Waals surface area contributed by atoms with Crippen molar-refractivity contribution in [2.75, 3.05) is 0 Å². The molecule has 3 heterocycles. The van der Waals surface area contributed by atoms with Crippen molar-refractivity contribution >= 4 is 28.0 Å². The zero-order valence-corrected chi connectivity index (χ0v) is 12.0. The van der Waals surface area contributed by atoms with Crippen LogP contribution < -0.4 is 0 Å². The van der Waals surface area contributed by atoms with Crippen LogP contribution in [0.4, 0.5) is 0 Å². The molecule has 0 aliphatic carbocycles. The molecule has 4 rings (SSSR count). The molecular formula is C16H11ClN4. The van der Waals surface area contributed by atoms with Gasteiger partial charge in [0.05, 0.1) is 22.9 Å². The minimum Gasteiger partial charge on any atom is -0.300 e. The van der Waals surface area contributed by atoms with Gasteiger partial charge in [-0.05, 0) is 25.1 Å². The van der Waals surface area contributed by atoms with Crippen LogP contribution in [0.25, 0.3) is 27.7 Å². The van der Waals surface area contributed by atoms with Gasteiger partial charge in [-0.3, -0.25) is 9.97 Å². The lowest BCUT2D eigenvalue weighted by Gasteiger charge is -2.04. The highest BCUT2D eigenvalue weighted by atomic mass is 35.5. The zero-order valence-electron chi connectivity index (χ0n) is 11.3. The maximum atomic E-state index is 6.05. The van der Waals surface area contributed by atoms with Crippen LogP contribution in [0.5, 0.6) is 0 Å². The molecule has 0 spiro atoms. The summed E-state index contributed by atoms with van der Waals surface area (Å²) < 4.78 is 2.03. The van der Waals surface area contributed by atoms with Crippen molar-refractivity contribution in [1.82, 2.24) is 19.4 Å². The number of fused-ring (bicyclic) bond motifs is 2. The molecule has 0 N–H and O–H groups in total. The van der Waals surface area contributed by atoms with Crippen molar-refractivity contribution < 1.29 is 0 Å². The maximum Gasteiger partial charge on any atom is 0.110 e. The van der Waals surface area contributed by atoms with Gasteiger partial charge in [-0.25, -0.2) is 4.98 Å². The van der Waals surface area contributed by atoms with E-state index in [4.69, 9.17) is 16.6 Å². The van der Waals surface area contributed by atoms with Crippen molar-refractivity contribution in [3.05, 3.63) is 59.9 Å². The molecule has 0 saturated heterocycles. The quantitative estimate of drug-likeness (QED) is 0.534. The minimum absolute atomic E-state index is 0.680. The fourth-order valence-corrected chi connectivity index (χ4v) is 2.78. The van der Waals surface area contributed by atoms with E-state index in [1.54, 1.807) is 12.4 Å². The third-order valence-electron chi connectivity index (χ3n) is 3.58. The van der Waals surface area contributed by atoms with Gasteiger partial charge in [0.25, 0.3) is 0 Å². The van der Waals surface area contributed by atoms with Gasteiger partial charge >= 0.3 is 0 Å². The molecule has 0 aliphatic heterocycles. The first-order chi connectivity index (χ1) is 10.2. The Balaban J connectivity index is 2.09. The van der Waals surface area contributed by atoms with E-state index in [0.717, 1.165) is 33.5 Å². The SMILES string of the molecule is Cc1nc(-c2ccnc3cc(Cl)ccc23)c2cnccn12. The summed E-state index contributed by atoms with van der Waals surface area (Å²) in [7, 11) is 0. The van der Waals surface area contributed by atoms with Crippen LogP contribution in [0.3, 0.4) is 0 Å². The summed E-state index contributed by atoms with van der Waals surface area (Å²) in [5, 5.41) is 1.71. The van der Waals surface area contributed by atoms with Crippen LogP contribution in [0.2, 0.25) is 5.02 Å². The number of imidazole rings is 1. The van der Waals surface area contributed by atoms with Crippen LogP contribution >= 0.6 is 11.6 Å². The third-order valence-corrected chi connectivity index (χ3v) is 3.82. The molecule has 0 amide bonds. The molecule has 0 aliphatic rings. The normalized spacial score (nSPS) is 11.3. The topological polar surface area (TPSA) is 43.1 Å². The average molecular weight is 295 g/mol.